The predicted molar refractivity (Wildman–Crippen MR) is 48.0 cm³/mol. The van der Waals surface area contributed by atoms with Crippen LogP contribution in [0.15, 0.2) is 0 Å². The molecule has 2 unspecified atom stereocenters. The molecule has 0 radical (unpaired) electrons. The van der Waals surface area contributed by atoms with Gasteiger partial charge in [0, 0.05) is 56.4 Å². The van der Waals surface area contributed by atoms with E-state index in [4.69, 9.17) is 0 Å². The van der Waals surface area contributed by atoms with Gasteiger partial charge >= 0.3 is 0 Å². The van der Waals surface area contributed by atoms with Crippen molar-refractivity contribution in [1.82, 2.24) is 0 Å². The molecular formula is C5H16O6P2W2-2. The molecule has 0 spiro atoms. The maximum Gasteiger partial charge on any atom is 0.121 e. The van der Waals surface area contributed by atoms with Crippen LogP contribution in [-0.2, 0) is 60.3 Å². The van der Waals surface area contributed by atoms with Crippen LogP contribution in [0, 0.1) is 0 Å². The first-order chi connectivity index (χ1) is 5.95. The van der Waals surface area contributed by atoms with Crippen molar-refractivity contribution in [2.45, 2.75) is 20.3 Å². The zero-order chi connectivity index (χ0) is 11.3. The summed E-state index contributed by atoms with van der Waals surface area (Å²) in [5, 5.41) is 0. The fourth-order valence-corrected chi connectivity index (χ4v) is 0. The average Bonchev–Trinajstić information content (AvgIpc) is 2.07. The Morgan fingerprint density at radius 3 is 1.00 bits per heavy atom. The second-order valence-corrected chi connectivity index (χ2v) is 3.43. The van der Waals surface area contributed by atoms with Gasteiger partial charge in [0.25, 0.3) is 0 Å². The molecule has 96 valence electrons. The minimum atomic E-state index is -2.87. The largest absolute Gasteiger partial charge is 0.781 e. The predicted octanol–water partition coefficient (Wildman–Crippen LogP) is 0.177. The van der Waals surface area contributed by atoms with Crippen LogP contribution in [0.2, 0.25) is 0 Å². The molecule has 15 heavy (non-hydrogen) atoms. The SMILES string of the molecule is CCC.CO[PH](=O)[O-].CO[PH](=O)[O-].[W].[W]. The molecule has 0 amide bonds. The molecule has 0 aliphatic heterocycles. The molecule has 10 heteroatoms. The molecule has 0 saturated carbocycles. The van der Waals surface area contributed by atoms with E-state index in [1.54, 1.807) is 0 Å². The molecule has 0 fully saturated rings. The van der Waals surface area contributed by atoms with E-state index in [2.05, 4.69) is 22.9 Å². The average molecular weight is 602 g/mol. The minimum Gasteiger partial charge on any atom is -0.781 e. The van der Waals surface area contributed by atoms with E-state index >= 15 is 0 Å². The third-order valence-electron chi connectivity index (χ3n) is 0.333. The first kappa shape index (κ1) is 30.1. The van der Waals surface area contributed by atoms with Crippen molar-refractivity contribution in [1.29, 1.82) is 0 Å². The summed E-state index contributed by atoms with van der Waals surface area (Å²) in [6, 6.07) is 0. The first-order valence-electron chi connectivity index (χ1n) is 3.46. The van der Waals surface area contributed by atoms with Gasteiger partial charge in [-0.25, -0.2) is 0 Å². The van der Waals surface area contributed by atoms with Crippen LogP contribution in [0.4, 0.5) is 0 Å². The zero-order valence-electron chi connectivity index (χ0n) is 8.97. The van der Waals surface area contributed by atoms with E-state index in [0.29, 0.717) is 0 Å². The Labute approximate surface area is 121 Å². The molecule has 0 aromatic carbocycles. The van der Waals surface area contributed by atoms with E-state index in [-0.39, 0.29) is 42.1 Å². The van der Waals surface area contributed by atoms with Gasteiger partial charge in [-0.15, -0.1) is 0 Å². The molecule has 0 aliphatic carbocycles. The van der Waals surface area contributed by atoms with Crippen LogP contribution in [0.3, 0.4) is 0 Å². The van der Waals surface area contributed by atoms with Crippen molar-refractivity contribution in [3.8, 4) is 0 Å². The van der Waals surface area contributed by atoms with Crippen LogP contribution in [0.1, 0.15) is 20.3 Å². The second kappa shape index (κ2) is 29.6. The van der Waals surface area contributed by atoms with Gasteiger partial charge in [-0.3, -0.25) is 0 Å². The van der Waals surface area contributed by atoms with Crippen molar-refractivity contribution < 1.29 is 70.1 Å². The molecule has 0 rings (SSSR count). The van der Waals surface area contributed by atoms with Crippen LogP contribution in [0.25, 0.3) is 0 Å². The van der Waals surface area contributed by atoms with E-state index in [0.717, 1.165) is 14.2 Å². The molecule has 0 aromatic rings. The first-order valence-corrected chi connectivity index (χ1v) is 5.90. The van der Waals surface area contributed by atoms with Crippen molar-refractivity contribution in [2.24, 2.45) is 0 Å². The van der Waals surface area contributed by atoms with Crippen molar-refractivity contribution >= 4 is 16.5 Å². The molecule has 0 aliphatic rings. The van der Waals surface area contributed by atoms with Crippen LogP contribution < -0.4 is 9.79 Å². The minimum absolute atomic E-state index is 0. The smallest absolute Gasteiger partial charge is 0.121 e. The van der Waals surface area contributed by atoms with Crippen molar-refractivity contribution in [2.75, 3.05) is 14.2 Å². The third-order valence-corrected chi connectivity index (χ3v) is 1.00. The Morgan fingerprint density at radius 2 is 1.00 bits per heavy atom. The van der Waals surface area contributed by atoms with E-state index in [1.165, 1.54) is 6.42 Å². The van der Waals surface area contributed by atoms with Crippen LogP contribution in [0.5, 0.6) is 0 Å². The Kier molecular flexibility index (Phi) is 59.4. The van der Waals surface area contributed by atoms with E-state index in [1.807, 2.05) is 0 Å². The van der Waals surface area contributed by atoms with Gasteiger partial charge in [-0.1, -0.05) is 20.3 Å². The Morgan fingerprint density at radius 1 is 0.933 bits per heavy atom. The quantitative estimate of drug-likeness (QED) is 0.419. The summed E-state index contributed by atoms with van der Waals surface area (Å²) in [5.41, 5.74) is 0. The number of hydrogen-bond acceptors (Lipinski definition) is 6. The number of rotatable bonds is 2. The molecule has 0 heterocycles. The van der Waals surface area contributed by atoms with Gasteiger partial charge in [0.1, 0.15) is 16.5 Å². The Hall–Kier alpha value is 1.68. The van der Waals surface area contributed by atoms with E-state index in [9.17, 15) is 18.9 Å². The summed E-state index contributed by atoms with van der Waals surface area (Å²) >= 11 is 0. The molecule has 0 aromatic heterocycles. The molecule has 0 bridgehead atoms. The van der Waals surface area contributed by atoms with Crippen LogP contribution in [-0.4, -0.2) is 14.2 Å². The summed E-state index contributed by atoms with van der Waals surface area (Å²) in [7, 11) is -3.51. The summed E-state index contributed by atoms with van der Waals surface area (Å²) in [6.45, 7) is 4.25. The summed E-state index contributed by atoms with van der Waals surface area (Å²) < 4.78 is 25.9. The fraction of sp³-hybridized carbons (Fsp3) is 1.00. The summed E-state index contributed by atoms with van der Waals surface area (Å²) in [6.07, 6.45) is 1.25. The van der Waals surface area contributed by atoms with Gasteiger partial charge in [0.05, 0.1) is 0 Å². The molecule has 6 nitrogen and oxygen atoms in total. The Balaban J connectivity index is -0.0000000322. The van der Waals surface area contributed by atoms with Gasteiger partial charge in [0.15, 0.2) is 0 Å². The molecular weight excluding hydrogens is 586 g/mol. The van der Waals surface area contributed by atoms with Gasteiger partial charge in [-0.2, -0.15) is 0 Å². The molecule has 0 N–H and O–H groups in total. The number of hydrogen-bond donors (Lipinski definition) is 0. The Bertz CT molecular complexity index is 123. The standard InChI is InChI=1S/C3H8.2CH5O3P.2W/c1-3-2;2*1-4-5(2)3;;/h3H2,1-2H3;2*5H,1H3,(H,2,3);;/p-2. The molecule has 0 saturated heterocycles. The topological polar surface area (TPSA) is 98.7 Å². The van der Waals surface area contributed by atoms with Crippen molar-refractivity contribution in [3.05, 3.63) is 0 Å². The van der Waals surface area contributed by atoms with Gasteiger partial charge < -0.3 is 28.0 Å². The van der Waals surface area contributed by atoms with Gasteiger partial charge in [-0.05, 0) is 0 Å². The van der Waals surface area contributed by atoms with Crippen LogP contribution >= 0.6 is 16.5 Å². The normalized spacial score (nSPS) is 11.1. The van der Waals surface area contributed by atoms with Gasteiger partial charge in [0.2, 0.25) is 0 Å². The van der Waals surface area contributed by atoms with Crippen molar-refractivity contribution in [3.63, 3.8) is 0 Å². The summed E-state index contributed by atoms with van der Waals surface area (Å²) in [4.78, 5) is 18.4. The maximum absolute atomic E-state index is 9.22. The van der Waals surface area contributed by atoms with E-state index < -0.39 is 16.5 Å². The molecule has 2 atom stereocenters. The summed E-state index contributed by atoms with van der Waals surface area (Å²) in [5.74, 6) is 0. The maximum atomic E-state index is 9.22. The second-order valence-electron chi connectivity index (χ2n) is 1.62. The monoisotopic (exact) mass is 602 g/mol. The third kappa shape index (κ3) is 91.0. The fourth-order valence-electron chi connectivity index (χ4n) is 0. The zero-order valence-corrected chi connectivity index (χ0v) is 16.8.